The third kappa shape index (κ3) is 1.67. The molecule has 0 aromatic heterocycles. The fraction of sp³-hybridized carbons (Fsp3) is 1.00. The largest absolute Gasteiger partial charge is 0.305 e. The maximum Gasteiger partial charge on any atom is 0.0529 e. The van der Waals surface area contributed by atoms with Crippen LogP contribution in [0.25, 0.3) is 0 Å². The molecule has 0 radical (unpaired) electrons. The third-order valence-electron chi connectivity index (χ3n) is 1.38. The first-order chi connectivity index (χ1) is 3.93. The number of nitrogens with one attached hydrogen (secondary N) is 1. The van der Waals surface area contributed by atoms with Gasteiger partial charge in [0.2, 0.25) is 0 Å². The van der Waals surface area contributed by atoms with Crippen LogP contribution in [0.1, 0.15) is 19.8 Å². The van der Waals surface area contributed by atoms with Gasteiger partial charge in [0.1, 0.15) is 0 Å². The molecule has 48 valence electrons. The first kappa shape index (κ1) is 6.43. The Hall–Kier alpha value is 0.310. The zero-order valence-electron chi connectivity index (χ0n) is 5.31. The van der Waals surface area contributed by atoms with Crippen LogP contribution in [0.4, 0.5) is 0 Å². The summed E-state index contributed by atoms with van der Waals surface area (Å²) in [6, 6.07) is 0. The van der Waals surface area contributed by atoms with Crippen LogP contribution in [-0.4, -0.2) is 17.7 Å². The Balaban J connectivity index is 2.13. The van der Waals surface area contributed by atoms with Crippen LogP contribution in [0.2, 0.25) is 0 Å². The Morgan fingerprint density at radius 1 is 1.75 bits per heavy atom. The summed E-state index contributed by atoms with van der Waals surface area (Å²) in [7, 11) is 0. The highest BCUT2D eigenvalue weighted by molar-refractivity contribution is 7.99. The van der Waals surface area contributed by atoms with E-state index in [1.165, 1.54) is 25.1 Å². The molecule has 1 heterocycles. The molecular weight excluding hydrogens is 118 g/mol. The maximum absolute atomic E-state index is 3.43. The van der Waals surface area contributed by atoms with E-state index >= 15 is 0 Å². The van der Waals surface area contributed by atoms with Crippen molar-refractivity contribution in [3.63, 3.8) is 0 Å². The summed E-state index contributed by atoms with van der Waals surface area (Å²) in [6.45, 7) is 3.46. The number of hydrogen-bond acceptors (Lipinski definition) is 2. The first-order valence-corrected chi connectivity index (χ1v) is 4.33. The van der Waals surface area contributed by atoms with Gasteiger partial charge in [0.05, 0.1) is 5.37 Å². The minimum atomic E-state index is 0.753. The van der Waals surface area contributed by atoms with Crippen LogP contribution in [-0.2, 0) is 0 Å². The molecule has 2 heteroatoms. The highest BCUT2D eigenvalue weighted by Crippen LogP contribution is 2.15. The zero-order chi connectivity index (χ0) is 5.82. The van der Waals surface area contributed by atoms with Gasteiger partial charge in [0, 0.05) is 0 Å². The van der Waals surface area contributed by atoms with Gasteiger partial charge in [-0.05, 0) is 25.1 Å². The van der Waals surface area contributed by atoms with E-state index in [1.54, 1.807) is 0 Å². The normalized spacial score (nSPS) is 30.4. The van der Waals surface area contributed by atoms with Gasteiger partial charge in [-0.1, -0.05) is 6.92 Å². The smallest absolute Gasteiger partial charge is 0.0529 e. The number of rotatable bonds is 1. The highest BCUT2D eigenvalue weighted by atomic mass is 32.2. The Morgan fingerprint density at radius 2 is 2.62 bits per heavy atom. The van der Waals surface area contributed by atoms with Crippen LogP contribution in [0, 0.1) is 0 Å². The average molecular weight is 131 g/mol. The summed E-state index contributed by atoms with van der Waals surface area (Å²) < 4.78 is 0. The molecule has 0 saturated carbocycles. The van der Waals surface area contributed by atoms with E-state index in [2.05, 4.69) is 24.0 Å². The lowest BCUT2D eigenvalue weighted by molar-refractivity contribution is 0.607. The summed E-state index contributed by atoms with van der Waals surface area (Å²) in [6.07, 6.45) is 2.62. The highest BCUT2D eigenvalue weighted by Gasteiger charge is 2.08. The molecule has 1 saturated heterocycles. The van der Waals surface area contributed by atoms with Crippen LogP contribution < -0.4 is 5.32 Å². The van der Waals surface area contributed by atoms with E-state index in [-0.39, 0.29) is 0 Å². The van der Waals surface area contributed by atoms with Gasteiger partial charge >= 0.3 is 0 Å². The van der Waals surface area contributed by atoms with Crippen molar-refractivity contribution in [1.29, 1.82) is 0 Å². The van der Waals surface area contributed by atoms with E-state index in [4.69, 9.17) is 0 Å². The molecule has 0 amide bonds. The number of hydrogen-bond donors (Lipinski definition) is 1. The number of thioether (sulfide) groups is 1. The quantitative estimate of drug-likeness (QED) is 0.578. The van der Waals surface area contributed by atoms with E-state index in [1.807, 2.05) is 0 Å². The molecule has 1 aliphatic rings. The Bertz CT molecular complexity index is 59.5. The third-order valence-corrected chi connectivity index (χ3v) is 2.81. The Morgan fingerprint density at radius 3 is 3.00 bits per heavy atom. The lowest BCUT2D eigenvalue weighted by Gasteiger charge is -2.20. The van der Waals surface area contributed by atoms with Crippen LogP contribution >= 0.6 is 11.8 Å². The zero-order valence-corrected chi connectivity index (χ0v) is 6.13. The fourth-order valence-electron chi connectivity index (χ4n) is 0.882. The van der Waals surface area contributed by atoms with Gasteiger partial charge in [0.25, 0.3) is 0 Å². The molecule has 1 nitrogen and oxygen atoms in total. The van der Waals surface area contributed by atoms with Crippen molar-refractivity contribution in [1.82, 2.24) is 5.32 Å². The van der Waals surface area contributed by atoms with Gasteiger partial charge in [-0.25, -0.2) is 0 Å². The van der Waals surface area contributed by atoms with E-state index < -0.39 is 0 Å². The first-order valence-electron chi connectivity index (χ1n) is 3.28. The fourth-order valence-corrected chi connectivity index (χ4v) is 1.95. The molecular formula is C6H13NS. The molecule has 0 spiro atoms. The topological polar surface area (TPSA) is 12.0 Å². The second-order valence-electron chi connectivity index (χ2n) is 2.08. The maximum atomic E-state index is 3.43. The lowest BCUT2D eigenvalue weighted by Crippen LogP contribution is -2.30. The van der Waals surface area contributed by atoms with E-state index in [0.29, 0.717) is 0 Å². The molecule has 0 aromatic rings. The van der Waals surface area contributed by atoms with Gasteiger partial charge in [-0.3, -0.25) is 0 Å². The minimum Gasteiger partial charge on any atom is -0.305 e. The molecule has 0 bridgehead atoms. The van der Waals surface area contributed by atoms with Gasteiger partial charge in [-0.15, -0.1) is 11.8 Å². The lowest BCUT2D eigenvalue weighted by atomic mass is 10.4. The summed E-state index contributed by atoms with van der Waals surface area (Å²) in [5, 5.41) is 4.19. The minimum absolute atomic E-state index is 0.753. The molecule has 0 aromatic carbocycles. The summed E-state index contributed by atoms with van der Waals surface area (Å²) in [5.74, 6) is 1.35. The standard InChI is InChI=1S/C6H13NS/c1-2-6-7-4-3-5-8-6/h6-7H,2-5H2,1H3/t6-/m0/s1. The van der Waals surface area contributed by atoms with Crippen molar-refractivity contribution in [2.45, 2.75) is 25.1 Å². The average Bonchev–Trinajstić information content (AvgIpc) is 1.90. The van der Waals surface area contributed by atoms with Crippen LogP contribution in [0.3, 0.4) is 0 Å². The van der Waals surface area contributed by atoms with Crippen LogP contribution in [0.15, 0.2) is 0 Å². The van der Waals surface area contributed by atoms with Gasteiger partial charge in [-0.2, -0.15) is 0 Å². The van der Waals surface area contributed by atoms with E-state index in [9.17, 15) is 0 Å². The molecule has 1 rings (SSSR count). The second-order valence-corrected chi connectivity index (χ2v) is 3.39. The summed E-state index contributed by atoms with van der Waals surface area (Å²) in [5.41, 5.74) is 0. The molecule has 1 aliphatic heterocycles. The van der Waals surface area contributed by atoms with Crippen molar-refractivity contribution >= 4 is 11.8 Å². The second kappa shape index (κ2) is 3.36. The summed E-state index contributed by atoms with van der Waals surface area (Å²) >= 11 is 2.05. The predicted molar refractivity (Wildman–Crippen MR) is 39.2 cm³/mol. The van der Waals surface area contributed by atoms with Gasteiger partial charge < -0.3 is 5.32 Å². The van der Waals surface area contributed by atoms with Crippen LogP contribution in [0.5, 0.6) is 0 Å². The molecule has 1 N–H and O–H groups in total. The molecule has 0 unspecified atom stereocenters. The van der Waals surface area contributed by atoms with E-state index in [0.717, 1.165) is 5.37 Å². The molecule has 8 heavy (non-hydrogen) atoms. The summed E-state index contributed by atoms with van der Waals surface area (Å²) in [4.78, 5) is 0. The van der Waals surface area contributed by atoms with Crippen molar-refractivity contribution < 1.29 is 0 Å². The molecule has 1 fully saturated rings. The Labute approximate surface area is 55.2 Å². The predicted octanol–water partition coefficient (Wildman–Crippen LogP) is 1.45. The Kier molecular flexibility index (Phi) is 2.70. The van der Waals surface area contributed by atoms with Crippen molar-refractivity contribution in [3.05, 3.63) is 0 Å². The van der Waals surface area contributed by atoms with Gasteiger partial charge in [0.15, 0.2) is 0 Å². The molecule has 1 atom stereocenters. The van der Waals surface area contributed by atoms with Crippen molar-refractivity contribution in [2.75, 3.05) is 12.3 Å². The monoisotopic (exact) mass is 131 g/mol. The van der Waals surface area contributed by atoms with Crippen molar-refractivity contribution in [3.8, 4) is 0 Å². The van der Waals surface area contributed by atoms with Crippen molar-refractivity contribution in [2.24, 2.45) is 0 Å². The molecule has 0 aliphatic carbocycles. The SMILES string of the molecule is CC[C@H]1NCCCS1.